The van der Waals surface area contributed by atoms with Gasteiger partial charge in [0.1, 0.15) is 11.4 Å². The van der Waals surface area contributed by atoms with Crippen LogP contribution < -0.4 is 10.6 Å². The second-order valence-corrected chi connectivity index (χ2v) is 16.2. The van der Waals surface area contributed by atoms with Gasteiger partial charge in [0.05, 0.1) is 22.6 Å². The molecule has 3 heterocycles. The van der Waals surface area contributed by atoms with Gasteiger partial charge in [-0.2, -0.15) is 13.2 Å². The van der Waals surface area contributed by atoms with Crippen LogP contribution in [0.25, 0.3) is 32.9 Å². The normalized spacial score (nSPS) is 17.5. The Morgan fingerprint density at radius 2 is 1.71 bits per heavy atom. The number of halogens is 3. The van der Waals surface area contributed by atoms with Crippen molar-refractivity contribution in [1.29, 1.82) is 0 Å². The number of alkyl carbamates (subject to hydrolysis) is 1. The molecule has 0 bridgehead atoms. The Labute approximate surface area is 300 Å². The van der Waals surface area contributed by atoms with Crippen LogP contribution in [0.2, 0.25) is 0 Å². The number of aromatic nitrogens is 4. The predicted octanol–water partition coefficient (Wildman–Crippen LogP) is 8.64. The number of alkyl halides is 3. The molecule has 2 aromatic carbocycles. The first-order valence-electron chi connectivity index (χ1n) is 17.0. The molecule has 6 rings (SSSR count). The van der Waals surface area contributed by atoms with E-state index in [1.807, 2.05) is 27.7 Å². The Bertz CT molecular complexity index is 2260. The maximum absolute atomic E-state index is 14.4. The van der Waals surface area contributed by atoms with E-state index in [0.29, 0.717) is 46.1 Å². The lowest BCUT2D eigenvalue weighted by Crippen LogP contribution is -2.46. The molecular formula is C38H41F3N6O4S. The van der Waals surface area contributed by atoms with E-state index >= 15 is 0 Å². The quantitative estimate of drug-likeness (QED) is 0.152. The van der Waals surface area contributed by atoms with Gasteiger partial charge in [-0.1, -0.05) is 48.4 Å². The minimum absolute atomic E-state index is 0.152. The van der Waals surface area contributed by atoms with Crippen LogP contribution in [0.1, 0.15) is 74.1 Å². The van der Waals surface area contributed by atoms with Gasteiger partial charge < -0.3 is 15.4 Å². The minimum atomic E-state index is -4.72. The maximum atomic E-state index is 14.4. The summed E-state index contributed by atoms with van der Waals surface area (Å²) in [4.78, 5) is 26.5. The third-order valence-corrected chi connectivity index (χ3v) is 11.1. The summed E-state index contributed by atoms with van der Waals surface area (Å²) in [6.45, 7) is 13.0. The molecule has 1 amide bonds. The van der Waals surface area contributed by atoms with Crippen molar-refractivity contribution in [2.24, 2.45) is 0 Å². The van der Waals surface area contributed by atoms with Gasteiger partial charge in [0.15, 0.2) is 0 Å². The average Bonchev–Trinajstić information content (AvgIpc) is 3.45. The van der Waals surface area contributed by atoms with Crippen LogP contribution in [0.5, 0.6) is 0 Å². The SMILES string of the molecule is C=CC(c1ccc(C)cc1)S(=O)(=O)n1cc(-c2cnc(C)c3cnc(NC4CCCCC4OC(=O)NC(C)(C)C)nc23)c2ccc(C(F)(F)F)cc21. The largest absolute Gasteiger partial charge is 0.444 e. The number of ether oxygens (including phenoxy) is 1. The first-order valence-corrected chi connectivity index (χ1v) is 18.5. The molecule has 5 aromatic rings. The Balaban J connectivity index is 1.47. The number of hydrogen-bond donors (Lipinski definition) is 2. The second-order valence-electron chi connectivity index (χ2n) is 14.2. The van der Waals surface area contributed by atoms with Crippen LogP contribution in [0.3, 0.4) is 0 Å². The lowest BCUT2D eigenvalue weighted by Gasteiger charge is -2.32. The summed E-state index contributed by atoms with van der Waals surface area (Å²) in [5.41, 5.74) is 1.46. The number of aryl methyl sites for hydroxylation is 2. The Kier molecular flexibility index (Phi) is 9.81. The predicted molar refractivity (Wildman–Crippen MR) is 195 cm³/mol. The van der Waals surface area contributed by atoms with Crippen molar-refractivity contribution in [3.05, 3.63) is 96.1 Å². The number of nitrogens with one attached hydrogen (secondary N) is 2. The molecule has 274 valence electrons. The molecule has 1 aliphatic carbocycles. The molecule has 14 heteroatoms. The fourth-order valence-corrected chi connectivity index (χ4v) is 8.23. The molecule has 3 unspecified atom stereocenters. The Morgan fingerprint density at radius 1 is 1.00 bits per heavy atom. The third-order valence-electron chi connectivity index (χ3n) is 9.18. The summed E-state index contributed by atoms with van der Waals surface area (Å²) in [6, 6.07) is 9.61. The summed E-state index contributed by atoms with van der Waals surface area (Å²) in [5.74, 6) is 0.248. The van der Waals surface area contributed by atoms with Crippen molar-refractivity contribution in [2.45, 2.75) is 89.4 Å². The fraction of sp³-hybridized carbons (Fsp3) is 0.368. The van der Waals surface area contributed by atoms with E-state index in [0.717, 1.165) is 34.5 Å². The number of pyridine rings is 1. The number of hydrogen-bond acceptors (Lipinski definition) is 8. The first kappa shape index (κ1) is 36.8. The van der Waals surface area contributed by atoms with Crippen LogP contribution in [-0.4, -0.2) is 51.1 Å². The average molecular weight is 735 g/mol. The van der Waals surface area contributed by atoms with Crippen LogP contribution >= 0.6 is 0 Å². The number of rotatable bonds is 8. The molecule has 1 fully saturated rings. The van der Waals surface area contributed by atoms with Gasteiger partial charge >= 0.3 is 12.3 Å². The molecule has 0 aliphatic heterocycles. The lowest BCUT2D eigenvalue weighted by molar-refractivity contribution is -0.137. The Hall–Kier alpha value is -4.98. The van der Waals surface area contributed by atoms with Crippen molar-refractivity contribution in [2.75, 3.05) is 5.32 Å². The van der Waals surface area contributed by atoms with Crippen LogP contribution in [-0.2, 0) is 20.9 Å². The van der Waals surface area contributed by atoms with E-state index in [1.54, 1.807) is 37.4 Å². The number of nitrogens with zero attached hydrogens (tertiary/aromatic N) is 4. The first-order chi connectivity index (χ1) is 24.5. The highest BCUT2D eigenvalue weighted by molar-refractivity contribution is 7.90. The van der Waals surface area contributed by atoms with Gasteiger partial charge in [-0.25, -0.2) is 27.2 Å². The Morgan fingerprint density at radius 3 is 2.38 bits per heavy atom. The van der Waals surface area contributed by atoms with Crippen molar-refractivity contribution in [3.8, 4) is 11.1 Å². The van der Waals surface area contributed by atoms with Crippen LogP contribution in [0.15, 0.2) is 73.7 Å². The van der Waals surface area contributed by atoms with E-state index in [4.69, 9.17) is 9.72 Å². The zero-order chi connectivity index (χ0) is 37.6. The van der Waals surface area contributed by atoms with Crippen molar-refractivity contribution in [1.82, 2.24) is 24.2 Å². The number of anilines is 1. The van der Waals surface area contributed by atoms with E-state index in [9.17, 15) is 26.4 Å². The van der Waals surface area contributed by atoms with Crippen molar-refractivity contribution < 1.29 is 31.1 Å². The number of carbonyl (C=O) groups is 1. The molecule has 0 saturated heterocycles. The molecule has 0 radical (unpaired) electrons. The van der Waals surface area contributed by atoms with E-state index in [2.05, 4.69) is 27.2 Å². The van der Waals surface area contributed by atoms with Gasteiger partial charge in [0, 0.05) is 51.7 Å². The summed E-state index contributed by atoms with van der Waals surface area (Å²) in [6.07, 6.45) is 3.20. The van der Waals surface area contributed by atoms with E-state index in [-0.39, 0.29) is 22.9 Å². The monoisotopic (exact) mass is 734 g/mol. The van der Waals surface area contributed by atoms with Crippen LogP contribution in [0, 0.1) is 13.8 Å². The maximum Gasteiger partial charge on any atom is 0.416 e. The molecule has 1 aliphatic rings. The number of benzene rings is 2. The van der Waals surface area contributed by atoms with Gasteiger partial charge in [-0.05, 0) is 71.6 Å². The fourth-order valence-electron chi connectivity index (χ4n) is 6.56. The smallest absolute Gasteiger partial charge is 0.416 e. The van der Waals surface area contributed by atoms with E-state index < -0.39 is 44.7 Å². The number of fused-ring (bicyclic) bond motifs is 2. The number of carbonyl (C=O) groups excluding carboxylic acids is 1. The van der Waals surface area contributed by atoms with Gasteiger partial charge in [0.2, 0.25) is 16.0 Å². The zero-order valence-electron chi connectivity index (χ0n) is 29.6. The van der Waals surface area contributed by atoms with Gasteiger partial charge in [0.25, 0.3) is 0 Å². The minimum Gasteiger partial charge on any atom is -0.444 e. The molecule has 2 N–H and O–H groups in total. The van der Waals surface area contributed by atoms with Gasteiger partial charge in [-0.15, -0.1) is 6.58 Å². The zero-order valence-corrected chi connectivity index (χ0v) is 30.4. The highest BCUT2D eigenvalue weighted by atomic mass is 32.2. The molecule has 10 nitrogen and oxygen atoms in total. The van der Waals surface area contributed by atoms with E-state index in [1.165, 1.54) is 24.5 Å². The standard InChI is InChI=1S/C38H41F3N6O4S/c1-7-33(24-14-12-22(2)13-15-24)52(49,50)47-21-29(26-17-16-25(18-31(26)47)38(39,40)41)28-20-42-23(3)27-19-43-35(45-34(27)28)44-30-10-8-9-11-32(30)51-36(48)46-37(4,5)6/h7,12-21,30,32-33H,1,8-11H2,2-6H3,(H,46,48)(H,43,44,45). The molecule has 3 aromatic heterocycles. The topological polar surface area (TPSA) is 128 Å². The summed E-state index contributed by atoms with van der Waals surface area (Å²) in [7, 11) is -4.39. The van der Waals surface area contributed by atoms with Crippen molar-refractivity contribution in [3.63, 3.8) is 0 Å². The molecule has 0 spiro atoms. The van der Waals surface area contributed by atoms with Gasteiger partial charge in [-0.3, -0.25) is 4.98 Å². The number of amides is 1. The summed E-state index contributed by atoms with van der Waals surface area (Å²) >= 11 is 0. The molecular weight excluding hydrogens is 694 g/mol. The summed E-state index contributed by atoms with van der Waals surface area (Å²) in [5, 5.41) is 5.74. The lowest BCUT2D eigenvalue weighted by atomic mass is 9.92. The third kappa shape index (κ3) is 7.48. The highest BCUT2D eigenvalue weighted by Gasteiger charge is 2.34. The molecule has 3 atom stereocenters. The summed E-state index contributed by atoms with van der Waals surface area (Å²) < 4.78 is 77.5. The molecule has 52 heavy (non-hydrogen) atoms. The molecule has 1 saturated carbocycles. The highest BCUT2D eigenvalue weighted by Crippen LogP contribution is 2.40. The van der Waals surface area contributed by atoms with Crippen LogP contribution in [0.4, 0.5) is 23.9 Å². The second kappa shape index (κ2) is 13.9. The van der Waals surface area contributed by atoms with Crippen molar-refractivity contribution >= 4 is 43.9 Å².